The van der Waals surface area contributed by atoms with Crippen molar-refractivity contribution >= 4 is 5.91 Å². The number of carbonyl (C=O) groups is 1. The number of likely N-dealkylation sites (N-methyl/N-ethyl adjacent to an activating group) is 1. The fourth-order valence-corrected chi connectivity index (χ4v) is 2.83. The molecule has 19 heavy (non-hydrogen) atoms. The summed E-state index contributed by atoms with van der Waals surface area (Å²) in [5.41, 5.74) is 5.88. The zero-order valence-corrected chi connectivity index (χ0v) is 12.3. The molecule has 0 bridgehead atoms. The number of hydrogen-bond donors (Lipinski definition) is 2. The summed E-state index contributed by atoms with van der Waals surface area (Å²) >= 11 is 0. The highest BCUT2D eigenvalue weighted by atomic mass is 16.1. The summed E-state index contributed by atoms with van der Waals surface area (Å²) in [5.74, 6) is 0.171. The van der Waals surface area contributed by atoms with Crippen molar-refractivity contribution in [2.45, 2.75) is 50.2 Å². The van der Waals surface area contributed by atoms with Gasteiger partial charge in [0.05, 0.1) is 0 Å². The van der Waals surface area contributed by atoms with Gasteiger partial charge in [-0.05, 0) is 46.3 Å². The molecule has 1 heterocycles. The summed E-state index contributed by atoms with van der Waals surface area (Å²) in [6.07, 6.45) is 5.28. The largest absolute Gasteiger partial charge is 0.353 e. The van der Waals surface area contributed by atoms with Crippen LogP contribution in [0.5, 0.6) is 0 Å². The van der Waals surface area contributed by atoms with Crippen molar-refractivity contribution in [2.75, 3.05) is 33.7 Å². The molecule has 0 spiro atoms. The number of likely N-dealkylation sites (tertiary alicyclic amines) is 1. The van der Waals surface area contributed by atoms with Crippen molar-refractivity contribution in [1.29, 1.82) is 0 Å². The van der Waals surface area contributed by atoms with Crippen LogP contribution in [0.25, 0.3) is 0 Å². The Morgan fingerprint density at radius 3 is 2.74 bits per heavy atom. The first-order valence-corrected chi connectivity index (χ1v) is 7.50. The molecule has 2 atom stereocenters. The van der Waals surface area contributed by atoms with Gasteiger partial charge in [0.25, 0.3) is 0 Å². The highest BCUT2D eigenvalue weighted by molar-refractivity contribution is 5.77. The van der Waals surface area contributed by atoms with Crippen LogP contribution in [0.1, 0.15) is 32.1 Å². The molecule has 2 fully saturated rings. The van der Waals surface area contributed by atoms with Crippen LogP contribution in [0, 0.1) is 0 Å². The van der Waals surface area contributed by atoms with Gasteiger partial charge in [0.15, 0.2) is 0 Å². The third-order valence-corrected chi connectivity index (χ3v) is 4.31. The van der Waals surface area contributed by atoms with E-state index in [0.717, 1.165) is 25.9 Å². The predicted octanol–water partition coefficient (Wildman–Crippen LogP) is 0.00840. The van der Waals surface area contributed by atoms with Crippen LogP contribution in [-0.2, 0) is 4.79 Å². The van der Waals surface area contributed by atoms with Gasteiger partial charge in [-0.2, -0.15) is 0 Å². The Bertz CT molecular complexity index is 304. The van der Waals surface area contributed by atoms with Crippen LogP contribution in [0.15, 0.2) is 0 Å². The van der Waals surface area contributed by atoms with E-state index in [-0.39, 0.29) is 11.9 Å². The molecule has 0 aromatic carbocycles. The quantitative estimate of drug-likeness (QED) is 0.712. The minimum absolute atomic E-state index is 0.171. The molecular weight excluding hydrogens is 240 g/mol. The summed E-state index contributed by atoms with van der Waals surface area (Å²) in [6.45, 7) is 2.67. The Hall–Kier alpha value is -0.650. The van der Waals surface area contributed by atoms with Gasteiger partial charge in [0.1, 0.15) is 0 Å². The summed E-state index contributed by atoms with van der Waals surface area (Å²) in [7, 11) is 4.26. The summed E-state index contributed by atoms with van der Waals surface area (Å²) in [5, 5.41) is 3.06. The van der Waals surface area contributed by atoms with Crippen LogP contribution in [-0.4, -0.2) is 67.6 Å². The molecule has 0 aromatic rings. The third-order valence-electron chi connectivity index (χ3n) is 4.31. The van der Waals surface area contributed by atoms with Crippen molar-refractivity contribution in [1.82, 2.24) is 15.1 Å². The van der Waals surface area contributed by atoms with Gasteiger partial charge in [0.2, 0.25) is 5.91 Å². The van der Waals surface area contributed by atoms with Crippen molar-refractivity contribution in [3.63, 3.8) is 0 Å². The Balaban J connectivity index is 1.83. The third kappa shape index (κ3) is 4.44. The molecule has 3 N–H and O–H groups in total. The maximum Gasteiger partial charge on any atom is 0.221 e. The molecule has 5 nitrogen and oxygen atoms in total. The second-order valence-corrected chi connectivity index (χ2v) is 6.19. The molecule has 2 rings (SSSR count). The lowest BCUT2D eigenvalue weighted by Gasteiger charge is -2.40. The van der Waals surface area contributed by atoms with Crippen LogP contribution in [0.4, 0.5) is 0 Å². The summed E-state index contributed by atoms with van der Waals surface area (Å²) in [6, 6.07) is 1.23. The van der Waals surface area contributed by atoms with Crippen molar-refractivity contribution < 1.29 is 4.79 Å². The molecule has 1 aliphatic carbocycles. The highest BCUT2D eigenvalue weighted by Gasteiger charge is 2.29. The number of nitrogens with one attached hydrogen (secondary N) is 1. The van der Waals surface area contributed by atoms with Gasteiger partial charge in [-0.3, -0.25) is 9.69 Å². The number of hydrogen-bond acceptors (Lipinski definition) is 4. The molecule has 0 radical (unpaired) electrons. The smallest absolute Gasteiger partial charge is 0.221 e. The fraction of sp³-hybridized carbons (Fsp3) is 0.929. The SMILES string of the molecule is CN(C)C1CCCN(C(CN)CC(=O)NC2CC2)C1. The molecule has 110 valence electrons. The van der Waals surface area contributed by atoms with E-state index < -0.39 is 0 Å². The van der Waals surface area contributed by atoms with E-state index in [1.165, 1.54) is 12.8 Å². The Kier molecular flexibility index (Phi) is 5.19. The molecule has 2 unspecified atom stereocenters. The summed E-state index contributed by atoms with van der Waals surface area (Å²) in [4.78, 5) is 16.6. The normalized spacial score (nSPS) is 26.4. The second-order valence-electron chi connectivity index (χ2n) is 6.19. The maximum absolute atomic E-state index is 11.9. The second kappa shape index (κ2) is 6.68. The average Bonchev–Trinajstić information content (AvgIpc) is 3.20. The molecule has 1 amide bonds. The van der Waals surface area contributed by atoms with Crippen LogP contribution >= 0.6 is 0 Å². The van der Waals surface area contributed by atoms with Crippen molar-refractivity contribution in [3.05, 3.63) is 0 Å². The molecule has 5 heteroatoms. The van der Waals surface area contributed by atoms with Crippen molar-refractivity contribution in [3.8, 4) is 0 Å². The number of rotatable bonds is 6. The topological polar surface area (TPSA) is 61.6 Å². The Labute approximate surface area is 116 Å². The van der Waals surface area contributed by atoms with Crippen LogP contribution < -0.4 is 11.1 Å². The predicted molar refractivity (Wildman–Crippen MR) is 76.9 cm³/mol. The first-order chi connectivity index (χ1) is 9.10. The number of nitrogens with zero attached hydrogens (tertiary/aromatic N) is 2. The number of piperidine rings is 1. The van der Waals surface area contributed by atoms with E-state index in [1.54, 1.807) is 0 Å². The van der Waals surface area contributed by atoms with E-state index >= 15 is 0 Å². The first-order valence-electron chi connectivity index (χ1n) is 7.50. The Morgan fingerprint density at radius 1 is 1.42 bits per heavy atom. The van der Waals surface area contributed by atoms with Gasteiger partial charge in [0, 0.05) is 37.6 Å². The highest BCUT2D eigenvalue weighted by Crippen LogP contribution is 2.20. The van der Waals surface area contributed by atoms with Crippen molar-refractivity contribution in [2.24, 2.45) is 5.73 Å². The van der Waals surface area contributed by atoms with Gasteiger partial charge in [-0.1, -0.05) is 0 Å². The lowest BCUT2D eigenvalue weighted by molar-refractivity contribution is -0.122. The standard InChI is InChI=1S/C14H28N4O/c1-17(2)12-4-3-7-18(10-12)13(9-15)8-14(19)16-11-5-6-11/h11-13H,3-10,15H2,1-2H3,(H,16,19). The minimum atomic E-state index is 0.171. The fourth-order valence-electron chi connectivity index (χ4n) is 2.83. The molecular formula is C14H28N4O. The average molecular weight is 268 g/mol. The molecule has 1 saturated carbocycles. The molecule has 2 aliphatic rings. The maximum atomic E-state index is 11.9. The molecule has 1 aliphatic heterocycles. The number of carbonyl (C=O) groups excluding carboxylic acids is 1. The van der Waals surface area contributed by atoms with Gasteiger partial charge >= 0.3 is 0 Å². The van der Waals surface area contributed by atoms with Gasteiger partial charge in [-0.25, -0.2) is 0 Å². The van der Waals surface area contributed by atoms with E-state index in [9.17, 15) is 4.79 Å². The van der Waals surface area contributed by atoms with Gasteiger partial charge < -0.3 is 16.0 Å². The number of nitrogens with two attached hydrogens (primary N) is 1. The zero-order valence-electron chi connectivity index (χ0n) is 12.3. The molecule has 0 aromatic heterocycles. The number of amides is 1. The molecule has 1 saturated heterocycles. The lowest BCUT2D eigenvalue weighted by Crippen LogP contribution is -2.52. The van der Waals surface area contributed by atoms with E-state index in [1.807, 2.05) is 0 Å². The first kappa shape index (κ1) is 14.8. The van der Waals surface area contributed by atoms with Crippen LogP contribution in [0.2, 0.25) is 0 Å². The monoisotopic (exact) mass is 268 g/mol. The van der Waals surface area contributed by atoms with Gasteiger partial charge in [-0.15, -0.1) is 0 Å². The lowest BCUT2D eigenvalue weighted by atomic mass is 10.0. The Morgan fingerprint density at radius 2 is 2.16 bits per heavy atom. The van der Waals surface area contributed by atoms with Crippen LogP contribution in [0.3, 0.4) is 0 Å². The van der Waals surface area contributed by atoms with E-state index in [4.69, 9.17) is 5.73 Å². The summed E-state index contributed by atoms with van der Waals surface area (Å²) < 4.78 is 0. The minimum Gasteiger partial charge on any atom is -0.353 e. The van der Waals surface area contributed by atoms with E-state index in [0.29, 0.717) is 25.0 Å². The zero-order chi connectivity index (χ0) is 13.8. The van der Waals surface area contributed by atoms with E-state index in [2.05, 4.69) is 29.2 Å².